The van der Waals surface area contributed by atoms with Gasteiger partial charge in [0.1, 0.15) is 5.75 Å². The molecule has 1 aromatic carbocycles. The molecule has 0 atom stereocenters. The van der Waals surface area contributed by atoms with E-state index in [0.717, 1.165) is 15.7 Å². The SMILES string of the molecule is COc1ccc2c(=O)[nH][c]([Al])cc2c1. The molecule has 0 aliphatic carbocycles. The second-order valence-electron chi connectivity index (χ2n) is 3.01. The van der Waals surface area contributed by atoms with Crippen LogP contribution in [0, 0.1) is 0 Å². The molecule has 2 rings (SSSR count). The van der Waals surface area contributed by atoms with Gasteiger partial charge in [-0.1, -0.05) is 10.6 Å². The van der Waals surface area contributed by atoms with Crippen LogP contribution in [0.3, 0.4) is 0 Å². The molecular weight excluding hydrogens is 193 g/mol. The molecule has 0 aliphatic rings. The Hall–Kier alpha value is -1.24. The first-order valence-corrected chi connectivity index (χ1v) is 4.75. The number of rotatable bonds is 1. The Morgan fingerprint density at radius 2 is 2.14 bits per heavy atom. The largest absolute Gasteiger partial charge is 0.497 e. The molecule has 2 radical (unpaired) electrons. The van der Waals surface area contributed by atoms with Crippen LogP contribution in [0.25, 0.3) is 10.8 Å². The van der Waals surface area contributed by atoms with Gasteiger partial charge in [0.25, 0.3) is 5.56 Å². The van der Waals surface area contributed by atoms with E-state index >= 15 is 0 Å². The molecule has 0 saturated heterocycles. The molecule has 0 aliphatic heterocycles. The number of benzene rings is 1. The Balaban J connectivity index is 2.82. The summed E-state index contributed by atoms with van der Waals surface area (Å²) < 4.78 is 5.86. The minimum Gasteiger partial charge on any atom is -0.497 e. The van der Waals surface area contributed by atoms with Gasteiger partial charge in [-0.3, -0.25) is 4.79 Å². The maximum absolute atomic E-state index is 11.5. The predicted molar refractivity (Wildman–Crippen MR) is 56.5 cm³/mol. The highest BCUT2D eigenvalue weighted by Crippen LogP contribution is 2.16. The zero-order chi connectivity index (χ0) is 10.1. The Morgan fingerprint density at radius 1 is 1.36 bits per heavy atom. The predicted octanol–water partition coefficient (Wildman–Crippen LogP) is 0.330. The highest BCUT2D eigenvalue weighted by Gasteiger charge is 2.00. The molecule has 2 aromatic rings. The van der Waals surface area contributed by atoms with E-state index in [1.807, 2.05) is 12.1 Å². The summed E-state index contributed by atoms with van der Waals surface area (Å²) in [6.07, 6.45) is 0. The molecule has 0 amide bonds. The van der Waals surface area contributed by atoms with Gasteiger partial charge in [0.05, 0.1) is 7.11 Å². The molecule has 0 bridgehead atoms. The lowest BCUT2D eigenvalue weighted by Gasteiger charge is -2.03. The van der Waals surface area contributed by atoms with Crippen LogP contribution in [-0.2, 0) is 0 Å². The second kappa shape index (κ2) is 3.49. The van der Waals surface area contributed by atoms with E-state index in [2.05, 4.69) is 21.3 Å². The number of nitrogens with one attached hydrogen (secondary N) is 1. The number of pyridine rings is 1. The maximum atomic E-state index is 11.5. The molecule has 0 saturated carbocycles. The van der Waals surface area contributed by atoms with Crippen molar-refractivity contribution in [1.82, 2.24) is 4.98 Å². The summed E-state index contributed by atoms with van der Waals surface area (Å²) in [6, 6.07) is 7.28. The minimum atomic E-state index is -0.0739. The van der Waals surface area contributed by atoms with Gasteiger partial charge in [0.15, 0.2) is 0 Å². The normalized spacial score (nSPS) is 10.4. The van der Waals surface area contributed by atoms with Crippen molar-refractivity contribution in [2.45, 2.75) is 0 Å². The van der Waals surface area contributed by atoms with Gasteiger partial charge >= 0.3 is 0 Å². The van der Waals surface area contributed by atoms with Crippen LogP contribution < -0.4 is 14.9 Å². The third-order valence-electron chi connectivity index (χ3n) is 2.07. The molecule has 1 N–H and O–H groups in total. The van der Waals surface area contributed by atoms with E-state index < -0.39 is 0 Å². The summed E-state index contributed by atoms with van der Waals surface area (Å²) in [4.78, 5) is 14.2. The van der Waals surface area contributed by atoms with Gasteiger partial charge in [-0.05, 0) is 23.6 Å². The number of hydrogen-bond acceptors (Lipinski definition) is 2. The van der Waals surface area contributed by atoms with Crippen molar-refractivity contribution in [3.8, 4) is 5.75 Å². The number of aromatic amines is 1. The van der Waals surface area contributed by atoms with Crippen molar-refractivity contribution >= 4 is 31.6 Å². The zero-order valence-corrected chi connectivity index (χ0v) is 8.86. The molecule has 0 spiro atoms. The highest BCUT2D eigenvalue weighted by atomic mass is 27.0. The summed E-state index contributed by atoms with van der Waals surface area (Å²) in [6.45, 7) is 0. The van der Waals surface area contributed by atoms with Crippen LogP contribution >= 0.6 is 0 Å². The molecule has 1 heterocycles. The minimum absolute atomic E-state index is 0.0739. The van der Waals surface area contributed by atoms with Crippen LogP contribution in [0.1, 0.15) is 0 Å². The Bertz CT molecular complexity index is 533. The summed E-state index contributed by atoms with van der Waals surface area (Å²) in [5.74, 6) is 0.757. The molecule has 0 unspecified atom stereocenters. The van der Waals surface area contributed by atoms with Crippen molar-refractivity contribution in [3.05, 3.63) is 34.6 Å². The monoisotopic (exact) mass is 201 g/mol. The van der Waals surface area contributed by atoms with Crippen molar-refractivity contribution in [2.75, 3.05) is 7.11 Å². The molecule has 3 nitrogen and oxygen atoms in total. The van der Waals surface area contributed by atoms with Crippen LogP contribution in [-0.4, -0.2) is 28.4 Å². The highest BCUT2D eigenvalue weighted by molar-refractivity contribution is 6.31. The zero-order valence-electron chi connectivity index (χ0n) is 7.70. The van der Waals surface area contributed by atoms with Crippen molar-refractivity contribution in [1.29, 1.82) is 0 Å². The van der Waals surface area contributed by atoms with Gasteiger partial charge in [0.2, 0.25) is 16.3 Å². The van der Waals surface area contributed by atoms with Crippen LogP contribution in [0.15, 0.2) is 29.1 Å². The number of fused-ring (bicyclic) bond motifs is 1. The van der Waals surface area contributed by atoms with E-state index in [0.29, 0.717) is 5.39 Å². The van der Waals surface area contributed by atoms with Gasteiger partial charge < -0.3 is 9.72 Å². The fourth-order valence-electron chi connectivity index (χ4n) is 1.40. The lowest BCUT2D eigenvalue weighted by Crippen LogP contribution is -2.19. The van der Waals surface area contributed by atoms with E-state index in [1.54, 1.807) is 19.2 Å². The van der Waals surface area contributed by atoms with Crippen molar-refractivity contribution in [3.63, 3.8) is 0 Å². The first kappa shape index (κ1) is 9.32. The fraction of sp³-hybridized carbons (Fsp3) is 0.100. The first-order chi connectivity index (χ1) is 6.70. The Morgan fingerprint density at radius 3 is 2.86 bits per heavy atom. The van der Waals surface area contributed by atoms with E-state index in [1.165, 1.54) is 0 Å². The molecule has 4 heteroatoms. The average molecular weight is 201 g/mol. The van der Waals surface area contributed by atoms with E-state index in [-0.39, 0.29) is 5.56 Å². The number of ether oxygens (including phenoxy) is 1. The quantitative estimate of drug-likeness (QED) is 0.675. The number of hydrogen-bond donors (Lipinski definition) is 1. The summed E-state index contributed by atoms with van der Waals surface area (Å²) in [7, 11) is 1.61. The van der Waals surface area contributed by atoms with Gasteiger partial charge in [0, 0.05) is 5.39 Å². The van der Waals surface area contributed by atoms with E-state index in [4.69, 9.17) is 4.74 Å². The van der Waals surface area contributed by atoms with E-state index in [9.17, 15) is 4.79 Å². The standard InChI is InChI=1S/C10H8NO2.Al/c1-13-8-2-3-9-7(6-8)4-5-11-10(9)12;/h2-4,6H,1H3,(H,11,12);. The summed E-state index contributed by atoms with van der Waals surface area (Å²) in [5, 5.41) is 1.56. The lowest BCUT2D eigenvalue weighted by molar-refractivity contribution is 0.415. The van der Waals surface area contributed by atoms with Crippen molar-refractivity contribution in [2.24, 2.45) is 0 Å². The number of methoxy groups -OCH3 is 1. The van der Waals surface area contributed by atoms with Gasteiger partial charge in [-0.15, -0.1) is 0 Å². The smallest absolute Gasteiger partial charge is 0.254 e. The van der Waals surface area contributed by atoms with Gasteiger partial charge in [-0.2, -0.15) is 0 Å². The topological polar surface area (TPSA) is 42.1 Å². The lowest BCUT2D eigenvalue weighted by atomic mass is 10.2. The Labute approximate surface area is 89.1 Å². The third kappa shape index (κ3) is 1.55. The van der Waals surface area contributed by atoms with Crippen molar-refractivity contribution < 1.29 is 4.74 Å². The maximum Gasteiger partial charge on any atom is 0.254 e. The van der Waals surface area contributed by atoms with Crippen LogP contribution in [0.4, 0.5) is 0 Å². The molecule has 68 valence electrons. The number of H-pyrrole nitrogens is 1. The first-order valence-electron chi connectivity index (χ1n) is 4.17. The summed E-state index contributed by atoms with van der Waals surface area (Å²) >= 11 is 2.47. The van der Waals surface area contributed by atoms with Crippen LogP contribution in [0.5, 0.6) is 5.75 Å². The average Bonchev–Trinajstić information content (AvgIpc) is 2.16. The Kier molecular flexibility index (Phi) is 2.32. The molecule has 0 fully saturated rings. The molecule has 14 heavy (non-hydrogen) atoms. The third-order valence-corrected chi connectivity index (χ3v) is 2.38. The fourth-order valence-corrected chi connectivity index (χ4v) is 1.71. The second-order valence-corrected chi connectivity index (χ2v) is 3.63. The molecule has 1 aromatic heterocycles. The van der Waals surface area contributed by atoms with Crippen LogP contribution in [0.2, 0.25) is 0 Å². The number of aromatic nitrogens is 1. The molecular formula is C10H8AlNO2. The summed E-state index contributed by atoms with van der Waals surface area (Å²) in [5.41, 5.74) is -0.0739. The van der Waals surface area contributed by atoms with Gasteiger partial charge in [-0.25, -0.2) is 0 Å².